The molecule has 3 nitrogen and oxygen atoms in total. The molecule has 0 N–H and O–H groups in total. The van der Waals surface area contributed by atoms with E-state index in [4.69, 9.17) is 0 Å². The van der Waals surface area contributed by atoms with Crippen LogP contribution in [0.4, 0.5) is 51.2 Å². The van der Waals surface area contributed by atoms with E-state index >= 15 is 0 Å². The number of aryl methyl sites for hydroxylation is 2. The van der Waals surface area contributed by atoms with Gasteiger partial charge in [0, 0.05) is 56.6 Å². The van der Waals surface area contributed by atoms with E-state index in [2.05, 4.69) is 300 Å². The van der Waals surface area contributed by atoms with Crippen LogP contribution in [-0.4, -0.2) is 6.71 Å². The van der Waals surface area contributed by atoms with Crippen LogP contribution in [0.3, 0.4) is 0 Å². The highest BCUT2D eigenvalue weighted by molar-refractivity contribution is 7.00. The lowest BCUT2D eigenvalue weighted by molar-refractivity contribution is 0.332. The van der Waals surface area contributed by atoms with Crippen LogP contribution in [0.15, 0.2) is 140 Å². The van der Waals surface area contributed by atoms with Crippen molar-refractivity contribution >= 4 is 74.3 Å². The van der Waals surface area contributed by atoms with Crippen molar-refractivity contribution in [1.29, 1.82) is 0 Å². The fourth-order valence-electron chi connectivity index (χ4n) is 16.5. The summed E-state index contributed by atoms with van der Waals surface area (Å²) in [5, 5.41) is 0. The van der Waals surface area contributed by atoms with Gasteiger partial charge < -0.3 is 14.7 Å². The number of nitrogens with zero attached hydrogens (tertiary/aromatic N) is 3. The summed E-state index contributed by atoms with van der Waals surface area (Å²) in [4.78, 5) is 7.96. The second-order valence-electron chi connectivity index (χ2n) is 32.7. The normalized spacial score (nSPS) is 18.1. The summed E-state index contributed by atoms with van der Waals surface area (Å²) in [6.45, 7) is 50.6. The summed E-state index contributed by atoms with van der Waals surface area (Å²) in [7, 11) is 0. The van der Waals surface area contributed by atoms with E-state index < -0.39 is 0 Å². The van der Waals surface area contributed by atoms with Gasteiger partial charge in [0.05, 0.1) is 0 Å². The number of anilines is 9. The second kappa shape index (κ2) is 18.1. The molecule has 4 heteroatoms. The third kappa shape index (κ3) is 8.55. The number of hydrogen-bond acceptors (Lipinski definition) is 3. The Morgan fingerprint density at radius 2 is 0.917 bits per heavy atom. The fourth-order valence-corrected chi connectivity index (χ4v) is 16.5. The smallest absolute Gasteiger partial charge is 0.252 e. The lowest BCUT2D eigenvalue weighted by Crippen LogP contribution is -2.61. The maximum atomic E-state index is 2.75. The Labute approximate surface area is 506 Å². The van der Waals surface area contributed by atoms with Crippen LogP contribution in [0.25, 0.3) is 11.1 Å². The first-order valence-electron chi connectivity index (χ1n) is 31.6. The first kappa shape index (κ1) is 56.4. The highest BCUT2D eigenvalue weighted by atomic mass is 15.2. The predicted molar refractivity (Wildman–Crippen MR) is 364 cm³/mol. The molecule has 0 aromatic heterocycles. The molecular formula is C80H92BN3. The average molecular weight is 1110 g/mol. The first-order valence-corrected chi connectivity index (χ1v) is 31.6. The van der Waals surface area contributed by atoms with Crippen molar-refractivity contribution < 1.29 is 0 Å². The molecule has 2 heterocycles. The van der Waals surface area contributed by atoms with Crippen LogP contribution in [0.1, 0.15) is 212 Å². The molecule has 0 radical (unpaired) electrons. The summed E-state index contributed by atoms with van der Waals surface area (Å²) < 4.78 is 0. The molecule has 3 aliphatic carbocycles. The van der Waals surface area contributed by atoms with Gasteiger partial charge in [-0.2, -0.15) is 0 Å². The van der Waals surface area contributed by atoms with Crippen molar-refractivity contribution in [2.24, 2.45) is 0 Å². The molecule has 13 rings (SSSR count). The molecule has 0 unspecified atom stereocenters. The predicted octanol–water partition coefficient (Wildman–Crippen LogP) is 20.4. The van der Waals surface area contributed by atoms with Crippen LogP contribution in [-0.2, 0) is 43.3 Å². The molecule has 0 saturated carbocycles. The summed E-state index contributed by atoms with van der Waals surface area (Å²) in [6.07, 6.45) is 3.46. The molecule has 0 spiro atoms. The molecule has 0 atom stereocenters. The summed E-state index contributed by atoms with van der Waals surface area (Å²) in [5.74, 6) is 0. The minimum Gasteiger partial charge on any atom is -0.311 e. The first-order chi connectivity index (χ1) is 39.1. The lowest BCUT2D eigenvalue weighted by Gasteiger charge is -2.47. The fraction of sp³-hybridized carbons (Fsp3) is 0.400. The van der Waals surface area contributed by atoms with Gasteiger partial charge in [-0.1, -0.05) is 198 Å². The van der Waals surface area contributed by atoms with E-state index in [1.807, 2.05) is 0 Å². The van der Waals surface area contributed by atoms with Gasteiger partial charge in [-0.05, 0) is 233 Å². The van der Waals surface area contributed by atoms with E-state index in [1.165, 1.54) is 136 Å². The molecule has 430 valence electrons. The Morgan fingerprint density at radius 3 is 1.49 bits per heavy atom. The molecule has 8 aromatic carbocycles. The van der Waals surface area contributed by atoms with Crippen molar-refractivity contribution in [1.82, 2.24) is 0 Å². The Balaban J connectivity index is 1.14. The molecule has 0 fully saturated rings. The van der Waals surface area contributed by atoms with Gasteiger partial charge in [-0.3, -0.25) is 0 Å². The molecule has 84 heavy (non-hydrogen) atoms. The zero-order chi connectivity index (χ0) is 60.1. The Bertz CT molecular complexity index is 3990. The zero-order valence-corrected chi connectivity index (χ0v) is 54.8. The van der Waals surface area contributed by atoms with Crippen molar-refractivity contribution in [3.05, 3.63) is 201 Å². The van der Waals surface area contributed by atoms with E-state index in [1.54, 1.807) is 0 Å². The van der Waals surface area contributed by atoms with Crippen LogP contribution in [0, 0.1) is 13.8 Å². The van der Waals surface area contributed by atoms with Crippen molar-refractivity contribution in [3.8, 4) is 11.1 Å². The number of rotatable bonds is 5. The van der Waals surface area contributed by atoms with Crippen LogP contribution in [0.2, 0.25) is 0 Å². The highest BCUT2D eigenvalue weighted by Gasteiger charge is 2.50. The van der Waals surface area contributed by atoms with Crippen LogP contribution in [0.5, 0.6) is 0 Å². The van der Waals surface area contributed by atoms with Gasteiger partial charge >= 0.3 is 0 Å². The summed E-state index contributed by atoms with van der Waals surface area (Å²) >= 11 is 0. The molecule has 5 aliphatic rings. The SMILES string of the molecule is Cc1cc2c3c(c1)N(c1cc4c(cc1C)C(C)(C)CCC4(C)C)c1cc4c(cc1B3c1ccc(N(c3ccc(C(C)(C)C)cc3)c3ccc(C(C)(C)C)cc3)cc1N2c1cc2c(c(C(C)(C)C)c1)C(C)(C)c1ccccc1-2)C(C)(C)CC4(C)C. The maximum absolute atomic E-state index is 2.75. The lowest BCUT2D eigenvalue weighted by atomic mass is 9.33. The molecule has 0 saturated heterocycles. The maximum Gasteiger partial charge on any atom is 0.252 e. The number of hydrogen-bond donors (Lipinski definition) is 0. The number of fused-ring (bicyclic) bond motifs is 9. The Kier molecular flexibility index (Phi) is 12.2. The Morgan fingerprint density at radius 1 is 0.417 bits per heavy atom. The van der Waals surface area contributed by atoms with Crippen molar-refractivity contribution in [2.75, 3.05) is 14.7 Å². The van der Waals surface area contributed by atoms with Crippen LogP contribution < -0.4 is 31.1 Å². The van der Waals surface area contributed by atoms with Gasteiger partial charge in [0.25, 0.3) is 6.71 Å². The zero-order valence-electron chi connectivity index (χ0n) is 54.8. The molecule has 8 aromatic rings. The Hall–Kier alpha value is -6.78. The van der Waals surface area contributed by atoms with E-state index in [-0.39, 0.29) is 50.0 Å². The third-order valence-electron chi connectivity index (χ3n) is 21.0. The third-order valence-corrected chi connectivity index (χ3v) is 21.0. The quantitative estimate of drug-likeness (QED) is 0.159. The van der Waals surface area contributed by atoms with E-state index in [0.29, 0.717) is 0 Å². The molecule has 2 aliphatic heterocycles. The summed E-state index contributed by atoms with van der Waals surface area (Å²) in [5.41, 5.74) is 33.2. The monoisotopic (exact) mass is 1110 g/mol. The average Bonchev–Trinajstić information content (AvgIpc) is 1.16. The highest BCUT2D eigenvalue weighted by Crippen LogP contribution is 2.58. The van der Waals surface area contributed by atoms with Crippen LogP contribution >= 0.6 is 0 Å². The van der Waals surface area contributed by atoms with Gasteiger partial charge in [0.1, 0.15) is 0 Å². The van der Waals surface area contributed by atoms with Crippen molar-refractivity contribution in [3.63, 3.8) is 0 Å². The molecule has 0 bridgehead atoms. The molecule has 0 amide bonds. The van der Waals surface area contributed by atoms with Gasteiger partial charge in [-0.25, -0.2) is 0 Å². The minimum absolute atomic E-state index is 0.00320. The standard InChI is InChI=1S/C80H92BN3/c1-48-38-69-72-70(39-48)84(66-45-61-59(40-49(66)2)76(12,13)36-37-77(61,14)15)68-46-62-60(78(16,17)47-79(62,18)19)44-65(68)81(72)64-35-34-54(82(52-30-26-50(27-31-52)73(3,4)5)53-32-28-51(29-33-53)74(6,7)8)43-67(64)83(69)55-41-57-56-24-22-23-25-58(56)80(20,21)71(57)63(42-55)75(9,10)11/h22-35,38-46H,36-37,47H2,1-21H3. The summed E-state index contributed by atoms with van der Waals surface area (Å²) in [6, 6.07) is 56.3. The topological polar surface area (TPSA) is 9.72 Å². The second-order valence-corrected chi connectivity index (χ2v) is 32.7. The molecular weight excluding hydrogens is 1010 g/mol. The number of benzene rings is 8. The minimum atomic E-state index is -0.164. The van der Waals surface area contributed by atoms with E-state index in [9.17, 15) is 0 Å². The van der Waals surface area contributed by atoms with Crippen molar-refractivity contribution in [2.45, 2.75) is 208 Å². The van der Waals surface area contributed by atoms with E-state index in [0.717, 1.165) is 23.5 Å². The van der Waals surface area contributed by atoms with Gasteiger partial charge in [0.15, 0.2) is 0 Å². The largest absolute Gasteiger partial charge is 0.311 e. The van der Waals surface area contributed by atoms with Gasteiger partial charge in [-0.15, -0.1) is 0 Å². The van der Waals surface area contributed by atoms with Gasteiger partial charge in [0.2, 0.25) is 0 Å².